The fourth-order valence-electron chi connectivity index (χ4n) is 1.51. The Morgan fingerprint density at radius 3 is 2.60 bits per heavy atom. The maximum Gasteiger partial charge on any atom is 0.337 e. The second-order valence-corrected chi connectivity index (χ2v) is 4.10. The van der Waals surface area contributed by atoms with Crippen molar-refractivity contribution in [3.05, 3.63) is 42.0 Å². The minimum absolute atomic E-state index is 0.187. The number of nitrogens with two attached hydrogens (primary N) is 1. The average molecular weight is 274 g/mol. The van der Waals surface area contributed by atoms with Gasteiger partial charge in [-0.1, -0.05) is 36.9 Å². The molecular formula is C15H18N2O3. The number of carbonyl (C=O) groups is 2. The summed E-state index contributed by atoms with van der Waals surface area (Å²) in [5.74, 6) is -0.316. The van der Waals surface area contributed by atoms with Crippen LogP contribution in [-0.2, 0) is 16.0 Å². The molecule has 5 heteroatoms. The topological polar surface area (TPSA) is 81.8 Å². The first-order chi connectivity index (χ1) is 9.61. The number of benzene rings is 1. The summed E-state index contributed by atoms with van der Waals surface area (Å²) in [5.41, 5.74) is 6.97. The van der Waals surface area contributed by atoms with Crippen molar-refractivity contribution in [2.24, 2.45) is 10.7 Å². The number of primary amides is 1. The normalized spacial score (nSPS) is 10.4. The Morgan fingerprint density at radius 2 is 2.00 bits per heavy atom. The molecule has 1 aromatic carbocycles. The van der Waals surface area contributed by atoms with Crippen molar-refractivity contribution < 1.29 is 14.3 Å². The molecule has 0 saturated carbocycles. The van der Waals surface area contributed by atoms with Crippen LogP contribution in [-0.4, -0.2) is 24.8 Å². The molecule has 2 amide bonds. The summed E-state index contributed by atoms with van der Waals surface area (Å²) in [6.07, 6.45) is 4.29. The number of nitrogens with zero attached hydrogens (tertiary/aromatic N) is 1. The zero-order valence-electron chi connectivity index (χ0n) is 11.2. The predicted molar refractivity (Wildman–Crippen MR) is 78.5 cm³/mol. The molecule has 0 unspecified atom stereocenters. The third-order valence-corrected chi connectivity index (χ3v) is 2.57. The Balaban J connectivity index is 2.20. The SMILES string of the molecule is C=Cc1ccc(CCOC(=O)CCC=NC(N)=O)cc1. The van der Waals surface area contributed by atoms with Crippen LogP contribution in [0.2, 0.25) is 0 Å². The number of esters is 1. The van der Waals surface area contributed by atoms with E-state index in [1.165, 1.54) is 6.21 Å². The molecule has 5 nitrogen and oxygen atoms in total. The van der Waals surface area contributed by atoms with Crippen molar-refractivity contribution in [3.8, 4) is 0 Å². The number of hydrogen-bond donors (Lipinski definition) is 1. The first-order valence-corrected chi connectivity index (χ1v) is 6.31. The molecule has 2 N–H and O–H groups in total. The van der Waals surface area contributed by atoms with Gasteiger partial charge >= 0.3 is 12.0 Å². The summed E-state index contributed by atoms with van der Waals surface area (Å²) in [4.78, 5) is 25.0. The number of rotatable bonds is 7. The van der Waals surface area contributed by atoms with Crippen molar-refractivity contribution >= 4 is 24.3 Å². The van der Waals surface area contributed by atoms with Gasteiger partial charge in [-0.05, 0) is 17.5 Å². The predicted octanol–water partition coefficient (Wildman–Crippen LogP) is 2.35. The Morgan fingerprint density at radius 1 is 1.30 bits per heavy atom. The van der Waals surface area contributed by atoms with Crippen molar-refractivity contribution in [2.75, 3.05) is 6.61 Å². The van der Waals surface area contributed by atoms with E-state index in [0.29, 0.717) is 19.4 Å². The molecule has 0 heterocycles. The van der Waals surface area contributed by atoms with Gasteiger partial charge in [0.15, 0.2) is 0 Å². The molecule has 1 aromatic rings. The van der Waals surface area contributed by atoms with Gasteiger partial charge in [-0.25, -0.2) is 9.79 Å². The van der Waals surface area contributed by atoms with Gasteiger partial charge in [0.2, 0.25) is 0 Å². The van der Waals surface area contributed by atoms with E-state index in [1.807, 2.05) is 24.3 Å². The first-order valence-electron chi connectivity index (χ1n) is 6.31. The van der Waals surface area contributed by atoms with Crippen molar-refractivity contribution in [1.82, 2.24) is 0 Å². The van der Waals surface area contributed by atoms with Gasteiger partial charge in [-0.3, -0.25) is 4.79 Å². The van der Waals surface area contributed by atoms with Crippen LogP contribution >= 0.6 is 0 Å². The van der Waals surface area contributed by atoms with Crippen LogP contribution in [0.1, 0.15) is 24.0 Å². The minimum Gasteiger partial charge on any atom is -0.465 e. The van der Waals surface area contributed by atoms with Gasteiger partial charge in [-0.15, -0.1) is 0 Å². The molecule has 0 spiro atoms. The fourth-order valence-corrected chi connectivity index (χ4v) is 1.51. The highest BCUT2D eigenvalue weighted by Gasteiger charge is 2.02. The molecule has 0 fully saturated rings. The van der Waals surface area contributed by atoms with Crippen molar-refractivity contribution in [2.45, 2.75) is 19.3 Å². The van der Waals surface area contributed by atoms with Crippen LogP contribution in [0.5, 0.6) is 0 Å². The van der Waals surface area contributed by atoms with E-state index in [0.717, 1.165) is 11.1 Å². The van der Waals surface area contributed by atoms with Gasteiger partial charge in [0.05, 0.1) is 13.0 Å². The molecule has 0 saturated heterocycles. The summed E-state index contributed by atoms with van der Waals surface area (Å²) in [5, 5.41) is 0. The van der Waals surface area contributed by atoms with Crippen LogP contribution in [0.3, 0.4) is 0 Å². The summed E-state index contributed by atoms with van der Waals surface area (Å²) in [6, 6.07) is 7.12. The van der Waals surface area contributed by atoms with Crippen molar-refractivity contribution in [1.29, 1.82) is 0 Å². The molecule has 0 radical (unpaired) electrons. The molecular weight excluding hydrogens is 256 g/mol. The fraction of sp³-hybridized carbons (Fsp3) is 0.267. The zero-order chi connectivity index (χ0) is 14.8. The van der Waals surface area contributed by atoms with Crippen LogP contribution in [0, 0.1) is 0 Å². The third kappa shape index (κ3) is 6.49. The Hall–Kier alpha value is -2.43. The monoisotopic (exact) mass is 274 g/mol. The van der Waals surface area contributed by atoms with Gasteiger partial charge < -0.3 is 10.5 Å². The lowest BCUT2D eigenvalue weighted by Crippen LogP contribution is -2.08. The van der Waals surface area contributed by atoms with Gasteiger partial charge in [0.1, 0.15) is 0 Å². The number of carbonyl (C=O) groups excluding carboxylic acids is 2. The molecule has 0 aliphatic carbocycles. The van der Waals surface area contributed by atoms with E-state index in [4.69, 9.17) is 10.5 Å². The van der Waals surface area contributed by atoms with Crippen LogP contribution in [0.4, 0.5) is 4.79 Å². The van der Waals surface area contributed by atoms with Crippen molar-refractivity contribution in [3.63, 3.8) is 0 Å². The lowest BCUT2D eigenvalue weighted by Gasteiger charge is -2.04. The summed E-state index contributed by atoms with van der Waals surface area (Å²) >= 11 is 0. The molecule has 1 rings (SSSR count). The standard InChI is InChI=1S/C15H18N2O3/c1-2-12-5-7-13(8-6-12)9-11-20-14(18)4-3-10-17-15(16)19/h2,5-8,10H,1,3-4,9,11H2,(H2,16,19). The number of ether oxygens (including phenoxy) is 1. The van der Waals surface area contributed by atoms with E-state index >= 15 is 0 Å². The van der Waals surface area contributed by atoms with Crippen LogP contribution < -0.4 is 5.73 Å². The van der Waals surface area contributed by atoms with Gasteiger partial charge in [0, 0.05) is 12.6 Å². The van der Waals surface area contributed by atoms with Crippen LogP contribution in [0.25, 0.3) is 6.08 Å². The Kier molecular flexibility index (Phi) is 6.75. The summed E-state index contributed by atoms with van der Waals surface area (Å²) < 4.78 is 5.07. The van der Waals surface area contributed by atoms with Gasteiger partial charge in [0.25, 0.3) is 0 Å². The minimum atomic E-state index is -0.763. The number of urea groups is 1. The van der Waals surface area contributed by atoms with Gasteiger partial charge in [-0.2, -0.15) is 0 Å². The smallest absolute Gasteiger partial charge is 0.337 e. The lowest BCUT2D eigenvalue weighted by molar-refractivity contribution is -0.143. The molecule has 0 aliphatic rings. The lowest BCUT2D eigenvalue weighted by atomic mass is 10.1. The Bertz CT molecular complexity index is 492. The largest absolute Gasteiger partial charge is 0.465 e. The Labute approximate surface area is 118 Å². The second-order valence-electron chi connectivity index (χ2n) is 4.10. The van der Waals surface area contributed by atoms with E-state index in [2.05, 4.69) is 11.6 Å². The maximum absolute atomic E-state index is 11.4. The first kappa shape index (κ1) is 15.6. The highest BCUT2D eigenvalue weighted by Crippen LogP contribution is 2.06. The third-order valence-electron chi connectivity index (χ3n) is 2.57. The van der Waals surface area contributed by atoms with E-state index in [-0.39, 0.29) is 12.4 Å². The molecule has 0 aliphatic heterocycles. The number of amides is 2. The zero-order valence-corrected chi connectivity index (χ0v) is 11.2. The van der Waals surface area contributed by atoms with Crippen LogP contribution in [0.15, 0.2) is 35.8 Å². The second kappa shape index (κ2) is 8.63. The summed E-state index contributed by atoms with van der Waals surface area (Å²) in [7, 11) is 0. The quantitative estimate of drug-likeness (QED) is 0.612. The number of hydrogen-bond acceptors (Lipinski definition) is 3. The van der Waals surface area contributed by atoms with E-state index < -0.39 is 6.03 Å². The molecule has 20 heavy (non-hydrogen) atoms. The molecule has 0 bridgehead atoms. The molecule has 0 atom stereocenters. The van der Waals surface area contributed by atoms with E-state index in [1.54, 1.807) is 6.08 Å². The molecule has 0 aromatic heterocycles. The average Bonchev–Trinajstić information content (AvgIpc) is 2.44. The number of aliphatic imine (C=N–C) groups is 1. The highest BCUT2D eigenvalue weighted by molar-refractivity contribution is 5.83. The highest BCUT2D eigenvalue weighted by atomic mass is 16.5. The van der Waals surface area contributed by atoms with E-state index in [9.17, 15) is 9.59 Å². The summed E-state index contributed by atoms with van der Waals surface area (Å²) in [6.45, 7) is 4.02. The molecule has 106 valence electrons. The maximum atomic E-state index is 11.4.